The molecule has 1 aliphatic heterocycles. The second kappa shape index (κ2) is 4.10. The largest absolute Gasteiger partial charge is 0.481 e. The predicted molar refractivity (Wildman–Crippen MR) is 70.0 cm³/mol. The molecule has 3 rings (SSSR count). The average molecular weight is 222 g/mol. The van der Waals surface area contributed by atoms with Gasteiger partial charge in [0.15, 0.2) is 0 Å². The fraction of sp³-hybridized carbons (Fsp3) is 0.125. The molecule has 0 aliphatic carbocycles. The van der Waals surface area contributed by atoms with Crippen molar-refractivity contribution in [1.82, 2.24) is 0 Å². The summed E-state index contributed by atoms with van der Waals surface area (Å²) in [4.78, 5) is 0. The van der Waals surface area contributed by atoms with E-state index in [1.807, 2.05) is 18.2 Å². The van der Waals surface area contributed by atoms with E-state index in [9.17, 15) is 0 Å². The van der Waals surface area contributed by atoms with Gasteiger partial charge in [0.25, 0.3) is 0 Å². The maximum atomic E-state index is 5.99. The third kappa shape index (κ3) is 1.96. The first-order valence-corrected chi connectivity index (χ1v) is 5.83. The number of hydrogen-bond donors (Lipinski definition) is 0. The second-order valence-corrected chi connectivity index (χ2v) is 4.35. The Kier molecular flexibility index (Phi) is 2.45. The molecule has 1 atom stereocenters. The van der Waals surface area contributed by atoms with Crippen LogP contribution in [0.3, 0.4) is 0 Å². The molecule has 0 fully saturated rings. The van der Waals surface area contributed by atoms with Crippen LogP contribution in [0.15, 0.2) is 54.6 Å². The summed E-state index contributed by atoms with van der Waals surface area (Å²) in [6.07, 6.45) is 4.27. The summed E-state index contributed by atoms with van der Waals surface area (Å²) in [7, 11) is 0. The minimum atomic E-state index is 0.0322. The quantitative estimate of drug-likeness (QED) is 0.704. The Hall–Kier alpha value is -2.02. The van der Waals surface area contributed by atoms with Crippen LogP contribution in [0.2, 0.25) is 0 Å². The van der Waals surface area contributed by atoms with E-state index in [0.717, 1.165) is 11.3 Å². The van der Waals surface area contributed by atoms with Gasteiger partial charge in [-0.2, -0.15) is 0 Å². The molecule has 0 bridgehead atoms. The molecule has 1 heterocycles. The zero-order valence-corrected chi connectivity index (χ0v) is 9.76. The van der Waals surface area contributed by atoms with E-state index in [0.29, 0.717) is 0 Å². The summed E-state index contributed by atoms with van der Waals surface area (Å²) >= 11 is 0. The van der Waals surface area contributed by atoms with Crippen LogP contribution in [-0.2, 0) is 0 Å². The highest BCUT2D eigenvalue weighted by atomic mass is 16.5. The zero-order chi connectivity index (χ0) is 11.7. The van der Waals surface area contributed by atoms with Crippen molar-refractivity contribution in [3.05, 3.63) is 71.3 Å². The van der Waals surface area contributed by atoms with E-state index in [1.165, 1.54) is 11.1 Å². The fourth-order valence-electron chi connectivity index (χ4n) is 2.12. The third-order valence-corrected chi connectivity index (χ3v) is 2.99. The van der Waals surface area contributed by atoms with Crippen molar-refractivity contribution in [3.8, 4) is 5.75 Å². The van der Waals surface area contributed by atoms with Gasteiger partial charge in [0, 0.05) is 5.56 Å². The topological polar surface area (TPSA) is 9.23 Å². The van der Waals surface area contributed by atoms with E-state index >= 15 is 0 Å². The molecule has 0 spiro atoms. The molecule has 1 unspecified atom stereocenters. The van der Waals surface area contributed by atoms with Gasteiger partial charge >= 0.3 is 0 Å². The molecule has 0 radical (unpaired) electrons. The summed E-state index contributed by atoms with van der Waals surface area (Å²) in [6.45, 7) is 2.10. The van der Waals surface area contributed by atoms with Crippen LogP contribution in [-0.4, -0.2) is 0 Å². The standard InChI is InChI=1S/C16H14O/c1-12-5-4-7-14(11-12)16-10-9-13-6-2-3-8-15(13)17-16/h2-11,16H,1H3. The van der Waals surface area contributed by atoms with Gasteiger partial charge in [-0.25, -0.2) is 0 Å². The van der Waals surface area contributed by atoms with E-state index in [1.54, 1.807) is 0 Å². The van der Waals surface area contributed by atoms with E-state index in [-0.39, 0.29) is 6.10 Å². The van der Waals surface area contributed by atoms with Gasteiger partial charge in [0.1, 0.15) is 11.9 Å². The SMILES string of the molecule is Cc1cccc(C2C=Cc3ccccc3O2)c1. The van der Waals surface area contributed by atoms with Crippen molar-refractivity contribution in [2.24, 2.45) is 0 Å². The van der Waals surface area contributed by atoms with Gasteiger partial charge < -0.3 is 4.74 Å². The summed E-state index contributed by atoms with van der Waals surface area (Å²) in [5.41, 5.74) is 3.62. The van der Waals surface area contributed by atoms with Crippen molar-refractivity contribution in [2.75, 3.05) is 0 Å². The molecule has 2 aromatic carbocycles. The van der Waals surface area contributed by atoms with Crippen molar-refractivity contribution < 1.29 is 4.74 Å². The van der Waals surface area contributed by atoms with E-state index in [4.69, 9.17) is 4.74 Å². The Morgan fingerprint density at radius 3 is 2.76 bits per heavy atom. The number of fused-ring (bicyclic) bond motifs is 1. The average Bonchev–Trinajstić information content (AvgIpc) is 2.38. The molecule has 1 nitrogen and oxygen atoms in total. The first-order chi connectivity index (χ1) is 8.33. The van der Waals surface area contributed by atoms with Crippen LogP contribution < -0.4 is 4.74 Å². The maximum Gasteiger partial charge on any atom is 0.142 e. The maximum absolute atomic E-state index is 5.99. The molecule has 84 valence electrons. The molecule has 17 heavy (non-hydrogen) atoms. The normalized spacial score (nSPS) is 17.4. The second-order valence-electron chi connectivity index (χ2n) is 4.35. The molecule has 0 aromatic heterocycles. The van der Waals surface area contributed by atoms with E-state index < -0.39 is 0 Å². The molecule has 0 saturated carbocycles. The highest BCUT2D eigenvalue weighted by Gasteiger charge is 2.15. The van der Waals surface area contributed by atoms with Gasteiger partial charge in [-0.1, -0.05) is 54.1 Å². The lowest BCUT2D eigenvalue weighted by Crippen LogP contribution is -2.08. The molecule has 1 aliphatic rings. The molecule has 0 amide bonds. The monoisotopic (exact) mass is 222 g/mol. The fourth-order valence-corrected chi connectivity index (χ4v) is 2.12. The number of ether oxygens (including phenoxy) is 1. The Bertz CT molecular complexity index is 569. The van der Waals surface area contributed by atoms with E-state index in [2.05, 4.69) is 49.4 Å². The number of hydrogen-bond acceptors (Lipinski definition) is 1. The Balaban J connectivity index is 1.95. The number of para-hydroxylation sites is 1. The molecule has 2 aromatic rings. The number of benzene rings is 2. The smallest absolute Gasteiger partial charge is 0.142 e. The number of rotatable bonds is 1. The van der Waals surface area contributed by atoms with Crippen molar-refractivity contribution in [1.29, 1.82) is 0 Å². The van der Waals surface area contributed by atoms with Crippen LogP contribution in [0.25, 0.3) is 6.08 Å². The molecular formula is C16H14O. The minimum absolute atomic E-state index is 0.0322. The minimum Gasteiger partial charge on any atom is -0.481 e. The lowest BCUT2D eigenvalue weighted by molar-refractivity contribution is 0.251. The van der Waals surface area contributed by atoms with Crippen LogP contribution in [0.5, 0.6) is 5.75 Å². The van der Waals surface area contributed by atoms with Crippen LogP contribution in [0.4, 0.5) is 0 Å². The summed E-state index contributed by atoms with van der Waals surface area (Å²) in [5, 5.41) is 0. The molecule has 1 heteroatoms. The first-order valence-electron chi connectivity index (χ1n) is 5.83. The van der Waals surface area contributed by atoms with Gasteiger partial charge in [-0.05, 0) is 24.6 Å². The van der Waals surface area contributed by atoms with Crippen LogP contribution in [0.1, 0.15) is 22.8 Å². The first kappa shape index (κ1) is 10.2. The lowest BCUT2D eigenvalue weighted by atomic mass is 10.0. The lowest BCUT2D eigenvalue weighted by Gasteiger charge is -2.21. The van der Waals surface area contributed by atoms with Gasteiger partial charge in [0.2, 0.25) is 0 Å². The van der Waals surface area contributed by atoms with Crippen LogP contribution >= 0.6 is 0 Å². The summed E-state index contributed by atoms with van der Waals surface area (Å²) in [6, 6.07) is 16.6. The van der Waals surface area contributed by atoms with Gasteiger partial charge in [0.05, 0.1) is 0 Å². The zero-order valence-electron chi connectivity index (χ0n) is 9.76. The molecular weight excluding hydrogens is 208 g/mol. The van der Waals surface area contributed by atoms with Crippen molar-refractivity contribution >= 4 is 6.08 Å². The third-order valence-electron chi connectivity index (χ3n) is 2.99. The Labute approximate surface area is 101 Å². The molecule has 0 saturated heterocycles. The summed E-state index contributed by atoms with van der Waals surface area (Å²) < 4.78 is 5.99. The highest BCUT2D eigenvalue weighted by Crippen LogP contribution is 2.32. The van der Waals surface area contributed by atoms with Gasteiger partial charge in [-0.15, -0.1) is 0 Å². The predicted octanol–water partition coefficient (Wildman–Crippen LogP) is 4.14. The van der Waals surface area contributed by atoms with Crippen LogP contribution in [0, 0.1) is 6.92 Å². The van der Waals surface area contributed by atoms with Crippen molar-refractivity contribution in [2.45, 2.75) is 13.0 Å². The highest BCUT2D eigenvalue weighted by molar-refractivity contribution is 5.60. The van der Waals surface area contributed by atoms with Crippen molar-refractivity contribution in [3.63, 3.8) is 0 Å². The van der Waals surface area contributed by atoms with Gasteiger partial charge in [-0.3, -0.25) is 0 Å². The Morgan fingerprint density at radius 1 is 1.00 bits per heavy atom. The number of aryl methyl sites for hydroxylation is 1. The molecule has 0 N–H and O–H groups in total. The Morgan fingerprint density at radius 2 is 1.88 bits per heavy atom. The summed E-state index contributed by atoms with van der Waals surface area (Å²) in [5.74, 6) is 0.960.